The van der Waals surface area contributed by atoms with Gasteiger partial charge in [-0.1, -0.05) is 161 Å². The van der Waals surface area contributed by atoms with Crippen LogP contribution in [0.4, 0.5) is 0 Å². The lowest BCUT2D eigenvalue weighted by Crippen LogP contribution is -2.70. The Kier molecular flexibility index (Phi) is 13.7. The van der Waals surface area contributed by atoms with Gasteiger partial charge in [-0.3, -0.25) is 0 Å². The molecule has 0 bridgehead atoms. The molecule has 7 rings (SSSR count). The number of hydrogen-bond donors (Lipinski definition) is 1. The molecule has 2 aromatic carbocycles. The molecule has 338 valence electrons. The van der Waals surface area contributed by atoms with Crippen molar-refractivity contribution in [3.8, 4) is 0 Å². The van der Waals surface area contributed by atoms with E-state index in [1.807, 2.05) is 12.2 Å². The van der Waals surface area contributed by atoms with E-state index in [2.05, 4.69) is 150 Å². The zero-order chi connectivity index (χ0) is 44.2. The largest absolute Gasteiger partial charge is 0.407 e. The first-order valence-corrected chi connectivity index (χ1v) is 27.0. The van der Waals surface area contributed by atoms with E-state index in [9.17, 15) is 5.11 Å². The molecule has 0 aromatic heterocycles. The maximum Gasteiger partial charge on any atom is 0.349 e. The molecular weight excluding hydrogens is 797 g/mol. The summed E-state index contributed by atoms with van der Waals surface area (Å²) in [6, 6.07) is 21.8. The molecule has 8 nitrogen and oxygen atoms in total. The highest BCUT2D eigenvalue weighted by molar-refractivity contribution is 6.99. The molecule has 4 fully saturated rings. The minimum atomic E-state index is -2.66. The maximum atomic E-state index is 11.4. The van der Waals surface area contributed by atoms with Crippen molar-refractivity contribution >= 4 is 27.3 Å². The van der Waals surface area contributed by atoms with Gasteiger partial charge in [0, 0.05) is 29.5 Å². The van der Waals surface area contributed by atoms with E-state index in [-0.39, 0.29) is 57.8 Å². The molecule has 0 amide bonds. The fraction of sp³-hybridized carbons (Fsp3) is 0.686. The Bertz CT molecular complexity index is 1760. The van der Waals surface area contributed by atoms with E-state index in [1.165, 1.54) is 10.4 Å². The number of aliphatic hydroxyl groups is 1. The molecule has 5 aliphatic heterocycles. The highest BCUT2D eigenvalue weighted by Crippen LogP contribution is 2.56. The van der Waals surface area contributed by atoms with Crippen molar-refractivity contribution in [3.05, 3.63) is 85.0 Å². The first-order valence-electron chi connectivity index (χ1n) is 23.3. The molecule has 1 N–H and O–H groups in total. The summed E-state index contributed by atoms with van der Waals surface area (Å²) in [6.45, 7) is 33.0. The van der Waals surface area contributed by atoms with Crippen molar-refractivity contribution in [2.45, 2.75) is 197 Å². The number of benzene rings is 2. The first kappa shape index (κ1) is 47.0. The molecular formula is C51H78O8Si2. The van der Waals surface area contributed by atoms with Gasteiger partial charge in [0.05, 0.1) is 54.9 Å². The van der Waals surface area contributed by atoms with Gasteiger partial charge in [0.25, 0.3) is 8.32 Å². The molecule has 0 radical (unpaired) electrons. The molecule has 0 unspecified atom stereocenters. The lowest BCUT2D eigenvalue weighted by Gasteiger charge is -2.59. The van der Waals surface area contributed by atoms with E-state index in [0.29, 0.717) is 37.9 Å². The number of rotatable bonds is 11. The second kappa shape index (κ2) is 17.8. The molecule has 4 saturated heterocycles. The number of fused-ring (bicyclic) bond motifs is 3. The van der Waals surface area contributed by atoms with E-state index < -0.39 is 34.7 Å². The molecule has 10 heteroatoms. The van der Waals surface area contributed by atoms with Crippen LogP contribution in [0.3, 0.4) is 0 Å². The summed E-state index contributed by atoms with van der Waals surface area (Å²) in [5, 5.41) is 13.7. The summed E-state index contributed by atoms with van der Waals surface area (Å²) < 4.78 is 48.5. The quantitative estimate of drug-likeness (QED) is 0.177. The lowest BCUT2D eigenvalue weighted by atomic mass is 9.80. The van der Waals surface area contributed by atoms with Crippen LogP contribution in [0.2, 0.25) is 15.1 Å². The zero-order valence-electron chi connectivity index (χ0n) is 39.4. The Labute approximate surface area is 370 Å². The van der Waals surface area contributed by atoms with Crippen molar-refractivity contribution in [3.63, 3.8) is 0 Å². The normalized spacial score (nSPS) is 34.8. The third-order valence-corrected chi connectivity index (χ3v) is 24.9. The van der Waals surface area contributed by atoms with Crippen molar-refractivity contribution < 1.29 is 37.3 Å². The molecule has 12 atom stereocenters. The third kappa shape index (κ3) is 9.29. The molecule has 5 heterocycles. The lowest BCUT2D eigenvalue weighted by molar-refractivity contribution is -0.295. The van der Waals surface area contributed by atoms with Gasteiger partial charge in [-0.05, 0) is 59.9 Å². The summed E-state index contributed by atoms with van der Waals surface area (Å²) in [5.74, 6) is 0.761. The van der Waals surface area contributed by atoms with E-state index in [1.54, 1.807) is 0 Å². The van der Waals surface area contributed by atoms with Crippen LogP contribution in [0, 0.1) is 11.8 Å². The summed E-state index contributed by atoms with van der Waals surface area (Å²) in [7, 11) is -5.25. The summed E-state index contributed by atoms with van der Waals surface area (Å²) >= 11 is 0. The Morgan fingerprint density at radius 2 is 1.48 bits per heavy atom. The first-order chi connectivity index (χ1) is 28.6. The molecule has 0 aliphatic carbocycles. The van der Waals surface area contributed by atoms with Crippen LogP contribution in [-0.2, 0) is 32.2 Å². The van der Waals surface area contributed by atoms with Gasteiger partial charge < -0.3 is 37.3 Å². The summed E-state index contributed by atoms with van der Waals surface area (Å²) in [6.07, 6.45) is 6.56. The maximum absolute atomic E-state index is 11.4. The molecule has 0 spiro atoms. The number of hydrogen-bond acceptors (Lipinski definition) is 8. The van der Waals surface area contributed by atoms with E-state index in [0.717, 1.165) is 31.3 Å². The number of aliphatic hydroxyl groups excluding tert-OH is 1. The topological polar surface area (TPSA) is 84.8 Å². The van der Waals surface area contributed by atoms with Gasteiger partial charge in [0.1, 0.15) is 12.2 Å². The van der Waals surface area contributed by atoms with Crippen LogP contribution >= 0.6 is 0 Å². The predicted molar refractivity (Wildman–Crippen MR) is 249 cm³/mol. The van der Waals surface area contributed by atoms with Crippen molar-refractivity contribution in [1.29, 1.82) is 0 Å². The average molecular weight is 875 g/mol. The minimum Gasteiger partial charge on any atom is -0.407 e. The van der Waals surface area contributed by atoms with E-state index in [4.69, 9.17) is 32.2 Å². The fourth-order valence-electron chi connectivity index (χ4n) is 11.8. The van der Waals surface area contributed by atoms with Crippen LogP contribution in [-0.4, -0.2) is 95.7 Å². The monoisotopic (exact) mass is 875 g/mol. The van der Waals surface area contributed by atoms with Crippen LogP contribution in [0.15, 0.2) is 85.0 Å². The Morgan fingerprint density at radius 3 is 2.07 bits per heavy atom. The Balaban J connectivity index is 0.934. The van der Waals surface area contributed by atoms with Gasteiger partial charge in [-0.15, -0.1) is 0 Å². The van der Waals surface area contributed by atoms with Crippen molar-refractivity contribution in [2.75, 3.05) is 13.2 Å². The SMILES string of the molecule is C=C(C[C@@H]1C[C@H](C)[C@H]([C@H](C)CCO[Si](c2ccccc2)(c2ccccc2)C(C)(C)C)O1)C[C@@H]1O[C@@H]2C[C@@H]3O[C@@H]4CO[Si](C(C)(C)C)(C(C)(C)C)O[C@H]4C[C@@]3(C)O[C@H]2C=C[C@H]1O. The van der Waals surface area contributed by atoms with Gasteiger partial charge >= 0.3 is 8.56 Å². The summed E-state index contributed by atoms with van der Waals surface area (Å²) in [5.41, 5.74) is 0.492. The highest BCUT2D eigenvalue weighted by atomic mass is 28.4. The molecule has 2 aromatic rings. The second-order valence-corrected chi connectivity index (χ2v) is 31.6. The predicted octanol–water partition coefficient (Wildman–Crippen LogP) is 9.57. The van der Waals surface area contributed by atoms with Gasteiger partial charge in [0.15, 0.2) is 0 Å². The number of ether oxygens (including phenoxy) is 4. The van der Waals surface area contributed by atoms with Crippen molar-refractivity contribution in [1.82, 2.24) is 0 Å². The minimum absolute atomic E-state index is 0.0571. The molecule has 61 heavy (non-hydrogen) atoms. The standard InChI is InChI=1S/C51H78O8Si2/c1-34(28-37-30-36(3)47(55-37)35(2)26-27-53-60(48(4,5)6,38-20-16-14-17-21-38)39-22-18-15-19-23-39)29-42-40(52)24-25-41-43(56-42)31-46-51(13,58-41)32-44-45(57-46)33-54-61(59-44,49(7,8)9)50(10,11)12/h14-25,35-37,40-47,52H,1,26-33H2,2-13H3/t35-,36+,37-,40-,41+,42+,43-,44+,45-,46+,47+,51-/m1/s1. The smallest absolute Gasteiger partial charge is 0.349 e. The van der Waals surface area contributed by atoms with Crippen LogP contribution in [0.1, 0.15) is 122 Å². The molecule has 0 saturated carbocycles. The van der Waals surface area contributed by atoms with Gasteiger partial charge in [-0.25, -0.2) is 0 Å². The third-order valence-electron chi connectivity index (χ3n) is 14.7. The molecule has 5 aliphatic rings. The fourth-order valence-corrected chi connectivity index (χ4v) is 21.3. The van der Waals surface area contributed by atoms with Crippen LogP contribution < -0.4 is 10.4 Å². The van der Waals surface area contributed by atoms with Gasteiger partial charge in [-0.2, -0.15) is 0 Å². The second-order valence-electron chi connectivity index (χ2n) is 22.5. The Morgan fingerprint density at radius 1 is 0.852 bits per heavy atom. The highest BCUT2D eigenvalue weighted by Gasteiger charge is 2.65. The Hall–Kier alpha value is -1.97. The van der Waals surface area contributed by atoms with Crippen LogP contribution in [0.5, 0.6) is 0 Å². The summed E-state index contributed by atoms with van der Waals surface area (Å²) in [4.78, 5) is 0. The van der Waals surface area contributed by atoms with Crippen LogP contribution in [0.25, 0.3) is 0 Å². The zero-order valence-corrected chi connectivity index (χ0v) is 41.4. The van der Waals surface area contributed by atoms with Gasteiger partial charge in [0.2, 0.25) is 0 Å². The average Bonchev–Trinajstić information content (AvgIpc) is 3.48. The van der Waals surface area contributed by atoms with E-state index >= 15 is 0 Å². The van der Waals surface area contributed by atoms with Crippen molar-refractivity contribution in [2.24, 2.45) is 11.8 Å².